The summed E-state index contributed by atoms with van der Waals surface area (Å²) in [5, 5.41) is 9.09. The summed E-state index contributed by atoms with van der Waals surface area (Å²) in [5.41, 5.74) is -0.259. The first kappa shape index (κ1) is 12.0. The van der Waals surface area contributed by atoms with E-state index in [9.17, 15) is 14.4 Å². The molecule has 0 radical (unpaired) electrons. The molecule has 0 atom stereocenters. The van der Waals surface area contributed by atoms with Crippen LogP contribution in [0.25, 0.3) is 0 Å². The quantitative estimate of drug-likeness (QED) is 0.815. The van der Waals surface area contributed by atoms with Crippen molar-refractivity contribution in [2.24, 2.45) is 0 Å². The van der Waals surface area contributed by atoms with Gasteiger partial charge in [0.15, 0.2) is 5.69 Å². The Hall–Kier alpha value is -3.09. The van der Waals surface area contributed by atoms with E-state index in [1.807, 2.05) is 0 Å². The van der Waals surface area contributed by atoms with Crippen molar-refractivity contribution >= 4 is 23.5 Å². The minimum absolute atomic E-state index is 0.0118. The largest absolute Gasteiger partial charge is 0.476 e. The first-order valence-corrected chi connectivity index (χ1v) is 5.63. The summed E-state index contributed by atoms with van der Waals surface area (Å²) in [6.07, 6.45) is 2.68. The average Bonchev–Trinajstić information content (AvgIpc) is 2.71. The maximum absolute atomic E-state index is 12.2. The Morgan fingerprint density at radius 2 is 1.75 bits per heavy atom. The van der Waals surface area contributed by atoms with Gasteiger partial charge in [0.2, 0.25) is 0 Å². The van der Waals surface area contributed by atoms with E-state index in [1.54, 1.807) is 0 Å². The van der Waals surface area contributed by atoms with Gasteiger partial charge in [0.1, 0.15) is 5.69 Å². The lowest BCUT2D eigenvalue weighted by atomic mass is 10.2. The number of carbonyl (C=O) groups excluding carboxylic acids is 2. The molecule has 2 aromatic rings. The van der Waals surface area contributed by atoms with Crippen LogP contribution in [0.5, 0.6) is 0 Å². The molecule has 2 aromatic heterocycles. The monoisotopic (exact) mass is 269 g/mol. The fourth-order valence-corrected chi connectivity index (χ4v) is 2.03. The van der Waals surface area contributed by atoms with Gasteiger partial charge in [-0.2, -0.15) is 0 Å². The van der Waals surface area contributed by atoms with Crippen LogP contribution in [-0.4, -0.2) is 32.9 Å². The predicted octanol–water partition coefficient (Wildman–Crippen LogP) is 0.975. The summed E-state index contributed by atoms with van der Waals surface area (Å²) < 4.78 is 0. The summed E-state index contributed by atoms with van der Waals surface area (Å²) in [6, 6.07) is 5.82. The zero-order chi connectivity index (χ0) is 14.3. The standard InChI is InChI=1S/C13H7N3O4/c17-11-7-3-1-5-14-9(7)12(18)16(11)8-4-2-6-15-10(8)13(19)20/h1-6H,(H,19,20). The van der Waals surface area contributed by atoms with Gasteiger partial charge in [0, 0.05) is 12.4 Å². The van der Waals surface area contributed by atoms with Gasteiger partial charge >= 0.3 is 5.97 Å². The molecule has 7 nitrogen and oxygen atoms in total. The molecule has 0 aromatic carbocycles. The summed E-state index contributed by atoms with van der Waals surface area (Å²) in [7, 11) is 0. The molecule has 0 saturated carbocycles. The first-order chi connectivity index (χ1) is 9.61. The number of carbonyl (C=O) groups is 3. The Morgan fingerprint density at radius 3 is 2.45 bits per heavy atom. The molecule has 0 saturated heterocycles. The molecule has 98 valence electrons. The molecule has 3 heterocycles. The summed E-state index contributed by atoms with van der Waals surface area (Å²) in [4.78, 5) is 43.9. The third-order valence-electron chi connectivity index (χ3n) is 2.88. The molecule has 0 spiro atoms. The predicted molar refractivity (Wildman–Crippen MR) is 66.6 cm³/mol. The highest BCUT2D eigenvalue weighted by Gasteiger charge is 2.39. The molecule has 0 fully saturated rings. The topological polar surface area (TPSA) is 100 Å². The van der Waals surface area contributed by atoms with Crippen LogP contribution in [0, 0.1) is 0 Å². The molecule has 0 unspecified atom stereocenters. The van der Waals surface area contributed by atoms with Crippen LogP contribution < -0.4 is 4.90 Å². The Morgan fingerprint density at radius 1 is 1.05 bits per heavy atom. The van der Waals surface area contributed by atoms with E-state index in [1.165, 1.54) is 36.7 Å². The number of carboxylic acid groups (broad SMARTS) is 1. The Balaban J connectivity index is 2.17. The molecule has 7 heteroatoms. The van der Waals surface area contributed by atoms with Gasteiger partial charge < -0.3 is 5.11 Å². The maximum atomic E-state index is 12.2. The van der Waals surface area contributed by atoms with E-state index in [-0.39, 0.29) is 22.6 Å². The number of carboxylic acids is 1. The molecular formula is C13H7N3O4. The number of rotatable bonds is 2. The van der Waals surface area contributed by atoms with E-state index in [2.05, 4.69) is 9.97 Å². The van der Waals surface area contributed by atoms with Gasteiger partial charge in [-0.25, -0.2) is 14.7 Å². The molecule has 2 amide bonds. The van der Waals surface area contributed by atoms with Gasteiger partial charge in [-0.15, -0.1) is 0 Å². The van der Waals surface area contributed by atoms with Crippen molar-refractivity contribution in [1.82, 2.24) is 9.97 Å². The third kappa shape index (κ3) is 1.57. The van der Waals surface area contributed by atoms with Crippen LogP contribution in [0.15, 0.2) is 36.7 Å². The van der Waals surface area contributed by atoms with Crippen molar-refractivity contribution in [2.75, 3.05) is 4.90 Å². The SMILES string of the molecule is O=C(O)c1ncccc1N1C(=O)c2cccnc2C1=O. The highest BCUT2D eigenvalue weighted by atomic mass is 16.4. The smallest absolute Gasteiger partial charge is 0.356 e. The minimum atomic E-state index is -1.31. The van der Waals surface area contributed by atoms with Crippen LogP contribution in [0.3, 0.4) is 0 Å². The second-order valence-electron chi connectivity index (χ2n) is 4.02. The number of anilines is 1. The Labute approximate surface area is 112 Å². The number of hydrogen-bond donors (Lipinski definition) is 1. The highest BCUT2D eigenvalue weighted by Crippen LogP contribution is 2.28. The van der Waals surface area contributed by atoms with Crippen molar-refractivity contribution in [3.05, 3.63) is 53.6 Å². The van der Waals surface area contributed by atoms with E-state index >= 15 is 0 Å². The summed E-state index contributed by atoms with van der Waals surface area (Å²) >= 11 is 0. The van der Waals surface area contributed by atoms with Gasteiger partial charge in [-0.1, -0.05) is 0 Å². The number of amides is 2. The number of aromatic nitrogens is 2. The third-order valence-corrected chi connectivity index (χ3v) is 2.88. The van der Waals surface area contributed by atoms with E-state index in [0.29, 0.717) is 0 Å². The number of pyridine rings is 2. The van der Waals surface area contributed by atoms with Crippen LogP contribution in [0.4, 0.5) is 5.69 Å². The van der Waals surface area contributed by atoms with Crippen molar-refractivity contribution in [3.8, 4) is 0 Å². The van der Waals surface area contributed by atoms with Crippen LogP contribution in [0.1, 0.15) is 31.3 Å². The second kappa shape index (κ2) is 4.23. The average molecular weight is 269 g/mol. The number of fused-ring (bicyclic) bond motifs is 1. The molecule has 1 aliphatic heterocycles. The normalized spacial score (nSPS) is 13.5. The van der Waals surface area contributed by atoms with Gasteiger partial charge in [-0.3, -0.25) is 14.6 Å². The highest BCUT2D eigenvalue weighted by molar-refractivity contribution is 6.34. The van der Waals surface area contributed by atoms with Crippen molar-refractivity contribution in [1.29, 1.82) is 0 Å². The number of imide groups is 1. The molecule has 0 bridgehead atoms. The molecule has 1 N–H and O–H groups in total. The van der Waals surface area contributed by atoms with Crippen LogP contribution >= 0.6 is 0 Å². The molecule has 1 aliphatic rings. The van der Waals surface area contributed by atoms with Crippen LogP contribution in [0.2, 0.25) is 0 Å². The summed E-state index contributed by atoms with van der Waals surface area (Å²) in [5.74, 6) is -2.57. The number of nitrogens with zero attached hydrogens (tertiary/aromatic N) is 3. The summed E-state index contributed by atoms with van der Waals surface area (Å²) in [6.45, 7) is 0. The lowest BCUT2D eigenvalue weighted by molar-refractivity contribution is 0.0691. The molecular weight excluding hydrogens is 262 g/mol. The van der Waals surface area contributed by atoms with Gasteiger partial charge in [0.25, 0.3) is 11.8 Å². The maximum Gasteiger partial charge on any atom is 0.356 e. The number of hydrogen-bond acceptors (Lipinski definition) is 5. The fraction of sp³-hybridized carbons (Fsp3) is 0. The molecule has 20 heavy (non-hydrogen) atoms. The van der Waals surface area contributed by atoms with E-state index in [0.717, 1.165) is 4.90 Å². The van der Waals surface area contributed by atoms with E-state index in [4.69, 9.17) is 5.11 Å². The van der Waals surface area contributed by atoms with Crippen molar-refractivity contribution in [2.45, 2.75) is 0 Å². The number of aromatic carboxylic acids is 1. The zero-order valence-electron chi connectivity index (χ0n) is 9.98. The van der Waals surface area contributed by atoms with Gasteiger partial charge in [0.05, 0.1) is 11.3 Å². The minimum Gasteiger partial charge on any atom is -0.476 e. The Kier molecular flexibility index (Phi) is 2.53. The van der Waals surface area contributed by atoms with Crippen molar-refractivity contribution in [3.63, 3.8) is 0 Å². The first-order valence-electron chi connectivity index (χ1n) is 5.63. The lowest BCUT2D eigenvalue weighted by Gasteiger charge is -2.14. The van der Waals surface area contributed by atoms with Gasteiger partial charge in [-0.05, 0) is 24.3 Å². The van der Waals surface area contributed by atoms with E-state index < -0.39 is 17.8 Å². The Bertz CT molecular complexity index is 722. The molecule has 3 rings (SSSR count). The van der Waals surface area contributed by atoms with Crippen molar-refractivity contribution < 1.29 is 19.5 Å². The van der Waals surface area contributed by atoms with Crippen LogP contribution in [-0.2, 0) is 0 Å². The second-order valence-corrected chi connectivity index (χ2v) is 4.02. The zero-order valence-corrected chi connectivity index (χ0v) is 9.98. The lowest BCUT2D eigenvalue weighted by Crippen LogP contribution is -2.31. The fourth-order valence-electron chi connectivity index (χ4n) is 2.03. The molecule has 0 aliphatic carbocycles.